The predicted molar refractivity (Wildman–Crippen MR) is 96.1 cm³/mol. The van der Waals surface area contributed by atoms with Gasteiger partial charge in [0.15, 0.2) is 0 Å². The monoisotopic (exact) mass is 395 g/mol. The second-order valence-corrected chi connectivity index (χ2v) is 6.66. The van der Waals surface area contributed by atoms with Crippen LogP contribution < -0.4 is 15.5 Å². The maximum Gasteiger partial charge on any atom is 0.329 e. The molecule has 0 saturated heterocycles. The molecule has 0 aliphatic heterocycles. The van der Waals surface area contributed by atoms with Gasteiger partial charge in [0.1, 0.15) is 5.75 Å². The molecular weight excluding hydrogens is 374 g/mol. The number of carbonyl (C=O) groups excluding carboxylic acids is 2. The number of hydrazone groups is 1. The summed E-state index contributed by atoms with van der Waals surface area (Å²) in [5, 5.41) is 6.62. The van der Waals surface area contributed by atoms with Crippen LogP contribution in [0.15, 0.2) is 27.8 Å². The van der Waals surface area contributed by atoms with Crippen molar-refractivity contribution in [3.05, 3.63) is 28.2 Å². The lowest BCUT2D eigenvalue weighted by molar-refractivity contribution is -0.139. The van der Waals surface area contributed by atoms with E-state index in [0.29, 0.717) is 11.3 Å². The van der Waals surface area contributed by atoms with Crippen LogP contribution in [0.1, 0.15) is 44.1 Å². The Hall–Kier alpha value is -1.89. The Balaban J connectivity index is 1.87. The Labute approximate surface area is 150 Å². The first-order valence-corrected chi connectivity index (χ1v) is 8.87. The van der Waals surface area contributed by atoms with Crippen LogP contribution in [0.4, 0.5) is 0 Å². The van der Waals surface area contributed by atoms with E-state index in [1.54, 1.807) is 19.2 Å². The molecule has 130 valence electrons. The third-order valence-electron chi connectivity index (χ3n) is 3.96. The average Bonchev–Trinajstić information content (AvgIpc) is 2.83. The number of nitrogens with one attached hydrogen (secondary N) is 2. The van der Waals surface area contributed by atoms with Crippen molar-refractivity contribution in [2.75, 3.05) is 7.11 Å². The molecule has 7 heteroatoms. The van der Waals surface area contributed by atoms with Gasteiger partial charge in [-0.15, -0.1) is 0 Å². The largest absolute Gasteiger partial charge is 0.496 e. The molecule has 24 heavy (non-hydrogen) atoms. The number of halogens is 1. The van der Waals surface area contributed by atoms with E-state index in [4.69, 9.17) is 4.74 Å². The first-order chi connectivity index (χ1) is 11.6. The van der Waals surface area contributed by atoms with Gasteiger partial charge < -0.3 is 10.1 Å². The Morgan fingerprint density at radius 1 is 1.21 bits per heavy atom. The third-order valence-corrected chi connectivity index (χ3v) is 4.45. The Morgan fingerprint density at radius 2 is 1.92 bits per heavy atom. The number of benzene rings is 1. The van der Waals surface area contributed by atoms with E-state index >= 15 is 0 Å². The molecule has 0 unspecified atom stereocenters. The topological polar surface area (TPSA) is 79.8 Å². The third kappa shape index (κ3) is 5.63. The summed E-state index contributed by atoms with van der Waals surface area (Å²) in [5.74, 6) is -0.774. The molecule has 0 aromatic heterocycles. The van der Waals surface area contributed by atoms with E-state index < -0.39 is 11.8 Å². The summed E-state index contributed by atoms with van der Waals surface area (Å²) in [7, 11) is 1.55. The highest BCUT2D eigenvalue weighted by atomic mass is 79.9. The van der Waals surface area contributed by atoms with Gasteiger partial charge >= 0.3 is 11.8 Å². The standard InChI is InChI=1S/C17H22BrN3O3/c1-24-15-9-8-13(18)10-12(15)11-19-21-17(23)16(22)20-14-6-4-2-3-5-7-14/h8-11,14H,2-7H2,1H3,(H,20,22)(H,21,23)/b19-11-. The van der Waals surface area contributed by atoms with E-state index in [0.717, 1.165) is 30.2 Å². The number of carbonyl (C=O) groups is 2. The number of rotatable bonds is 4. The predicted octanol–water partition coefficient (Wildman–Crippen LogP) is 2.75. The lowest BCUT2D eigenvalue weighted by Gasteiger charge is -2.15. The minimum absolute atomic E-state index is 0.0832. The first-order valence-electron chi connectivity index (χ1n) is 8.07. The van der Waals surface area contributed by atoms with Gasteiger partial charge in [-0.25, -0.2) is 5.43 Å². The van der Waals surface area contributed by atoms with Crippen LogP contribution in [0.5, 0.6) is 5.75 Å². The fourth-order valence-corrected chi connectivity index (χ4v) is 3.07. The molecule has 2 N–H and O–H groups in total. The molecule has 2 rings (SSSR count). The molecule has 1 aromatic carbocycles. The maximum atomic E-state index is 11.9. The van der Waals surface area contributed by atoms with Gasteiger partial charge in [0.05, 0.1) is 13.3 Å². The molecule has 1 aliphatic carbocycles. The average molecular weight is 396 g/mol. The zero-order valence-electron chi connectivity index (χ0n) is 13.7. The van der Waals surface area contributed by atoms with Crippen LogP contribution in [0.25, 0.3) is 0 Å². The summed E-state index contributed by atoms with van der Waals surface area (Å²) in [5.41, 5.74) is 2.95. The van der Waals surface area contributed by atoms with Gasteiger partial charge in [0.2, 0.25) is 0 Å². The van der Waals surface area contributed by atoms with Crippen LogP contribution in [0.3, 0.4) is 0 Å². The molecule has 0 spiro atoms. The van der Waals surface area contributed by atoms with Crippen molar-refractivity contribution in [3.8, 4) is 5.75 Å². The first kappa shape index (κ1) is 18.4. The lowest BCUT2D eigenvalue weighted by Crippen LogP contribution is -2.43. The van der Waals surface area contributed by atoms with Gasteiger partial charge in [-0.1, -0.05) is 41.6 Å². The fourth-order valence-electron chi connectivity index (χ4n) is 2.69. The van der Waals surface area contributed by atoms with Crippen molar-refractivity contribution < 1.29 is 14.3 Å². The number of amides is 2. The second kappa shape index (κ2) is 9.42. The van der Waals surface area contributed by atoms with Gasteiger partial charge in [0, 0.05) is 16.1 Å². The van der Waals surface area contributed by atoms with Crippen LogP contribution in [-0.4, -0.2) is 31.2 Å². The van der Waals surface area contributed by atoms with Crippen molar-refractivity contribution in [3.63, 3.8) is 0 Å². The Morgan fingerprint density at radius 3 is 2.58 bits per heavy atom. The van der Waals surface area contributed by atoms with Crippen molar-refractivity contribution in [1.29, 1.82) is 0 Å². The van der Waals surface area contributed by atoms with Gasteiger partial charge in [0.25, 0.3) is 0 Å². The second-order valence-electron chi connectivity index (χ2n) is 5.75. The van der Waals surface area contributed by atoms with Crippen molar-refractivity contribution >= 4 is 34.0 Å². The highest BCUT2D eigenvalue weighted by Gasteiger charge is 2.19. The summed E-state index contributed by atoms with van der Waals surface area (Å²) < 4.78 is 6.08. The smallest absolute Gasteiger partial charge is 0.329 e. The van der Waals surface area contributed by atoms with Gasteiger partial charge in [-0.05, 0) is 31.0 Å². The quantitative estimate of drug-likeness (QED) is 0.356. The number of ether oxygens (including phenoxy) is 1. The van der Waals surface area contributed by atoms with Crippen molar-refractivity contribution in [2.45, 2.75) is 44.6 Å². The number of methoxy groups -OCH3 is 1. The van der Waals surface area contributed by atoms with Crippen LogP contribution in [-0.2, 0) is 9.59 Å². The fraction of sp³-hybridized carbons (Fsp3) is 0.471. The molecular formula is C17H22BrN3O3. The number of hydrogen-bond donors (Lipinski definition) is 2. The van der Waals surface area contributed by atoms with E-state index in [2.05, 4.69) is 31.8 Å². The van der Waals surface area contributed by atoms with E-state index in [9.17, 15) is 9.59 Å². The molecule has 1 aliphatic rings. The van der Waals surface area contributed by atoms with Gasteiger partial charge in [-0.2, -0.15) is 5.10 Å². The summed E-state index contributed by atoms with van der Waals surface area (Å²) >= 11 is 3.36. The Kier molecular flexibility index (Phi) is 7.24. The minimum Gasteiger partial charge on any atom is -0.496 e. The van der Waals surface area contributed by atoms with Crippen molar-refractivity contribution in [2.24, 2.45) is 5.10 Å². The highest BCUT2D eigenvalue weighted by molar-refractivity contribution is 9.10. The van der Waals surface area contributed by atoms with Crippen LogP contribution in [0, 0.1) is 0 Å². The molecule has 6 nitrogen and oxygen atoms in total. The van der Waals surface area contributed by atoms with Gasteiger partial charge in [-0.3, -0.25) is 9.59 Å². The summed E-state index contributed by atoms with van der Waals surface area (Å²) in [6, 6.07) is 5.51. The Bertz CT molecular complexity index is 611. The molecule has 0 bridgehead atoms. The van der Waals surface area contributed by atoms with E-state index in [-0.39, 0.29) is 6.04 Å². The van der Waals surface area contributed by atoms with Crippen LogP contribution >= 0.6 is 15.9 Å². The molecule has 0 heterocycles. The number of nitrogens with zero attached hydrogens (tertiary/aromatic N) is 1. The summed E-state index contributed by atoms with van der Waals surface area (Å²) in [6.45, 7) is 0. The maximum absolute atomic E-state index is 11.9. The minimum atomic E-state index is -0.760. The summed E-state index contributed by atoms with van der Waals surface area (Å²) in [4.78, 5) is 23.8. The van der Waals surface area contributed by atoms with Crippen molar-refractivity contribution in [1.82, 2.24) is 10.7 Å². The normalized spacial score (nSPS) is 15.8. The summed E-state index contributed by atoms with van der Waals surface area (Å²) in [6.07, 6.45) is 7.87. The zero-order chi connectivity index (χ0) is 17.4. The molecule has 0 atom stereocenters. The molecule has 1 fully saturated rings. The molecule has 2 amide bonds. The van der Waals surface area contributed by atoms with E-state index in [1.165, 1.54) is 19.1 Å². The SMILES string of the molecule is COc1ccc(Br)cc1/C=N\NC(=O)C(=O)NC1CCCCCC1. The zero-order valence-corrected chi connectivity index (χ0v) is 15.3. The molecule has 0 radical (unpaired) electrons. The molecule has 1 saturated carbocycles. The lowest BCUT2D eigenvalue weighted by atomic mass is 10.1. The molecule has 1 aromatic rings. The van der Waals surface area contributed by atoms with Crippen LogP contribution in [0.2, 0.25) is 0 Å². The number of hydrogen-bond acceptors (Lipinski definition) is 4. The van der Waals surface area contributed by atoms with E-state index in [1.807, 2.05) is 6.07 Å². The highest BCUT2D eigenvalue weighted by Crippen LogP contribution is 2.21.